The van der Waals surface area contributed by atoms with E-state index in [4.69, 9.17) is 0 Å². The van der Waals surface area contributed by atoms with E-state index in [1.165, 1.54) is 0 Å². The van der Waals surface area contributed by atoms with Crippen LogP contribution in [0.5, 0.6) is 0 Å². The van der Waals surface area contributed by atoms with Crippen molar-refractivity contribution in [1.29, 1.82) is 0 Å². The molecule has 0 aliphatic heterocycles. The topological polar surface area (TPSA) is 43.1 Å². The molecule has 0 amide bonds. The fourth-order valence-corrected chi connectivity index (χ4v) is 1.39. The van der Waals surface area contributed by atoms with Gasteiger partial charge in [0.1, 0.15) is 11.0 Å². The van der Waals surface area contributed by atoms with Crippen LogP contribution in [0, 0.1) is 0 Å². The molecule has 0 N–H and O–H groups in total. The lowest BCUT2D eigenvalue weighted by atomic mass is 10.4. The second-order valence-corrected chi connectivity index (χ2v) is 3.38. The number of pyridine rings is 1. The highest BCUT2D eigenvalue weighted by atomic mass is 79.9. The molecule has 2 rings (SSSR count). The van der Waals surface area contributed by atoms with Crippen molar-refractivity contribution in [3.05, 3.63) is 22.9 Å². The molecular formula is C8H7BrN4. The van der Waals surface area contributed by atoms with Gasteiger partial charge in [0, 0.05) is 16.9 Å². The molecule has 0 fully saturated rings. The first kappa shape index (κ1) is 8.37. The summed E-state index contributed by atoms with van der Waals surface area (Å²) in [6.45, 7) is 1.85. The molecule has 0 spiro atoms. The summed E-state index contributed by atoms with van der Waals surface area (Å²) in [6, 6.07) is 1.93. The number of rotatable bonds is 1. The molecule has 0 saturated carbocycles. The van der Waals surface area contributed by atoms with Crippen molar-refractivity contribution in [2.45, 2.75) is 6.92 Å². The molecule has 0 atom stereocenters. The average Bonchev–Trinajstić information content (AvgIpc) is 2.49. The van der Waals surface area contributed by atoms with Crippen molar-refractivity contribution in [2.75, 3.05) is 0 Å². The van der Waals surface area contributed by atoms with Crippen molar-refractivity contribution < 1.29 is 0 Å². The zero-order valence-electron chi connectivity index (χ0n) is 6.98. The van der Waals surface area contributed by atoms with Crippen molar-refractivity contribution in [3.8, 4) is 0 Å². The van der Waals surface area contributed by atoms with Gasteiger partial charge in [-0.15, -0.1) is 4.79 Å². The van der Waals surface area contributed by atoms with Gasteiger partial charge in [-0.1, -0.05) is 0 Å². The van der Waals surface area contributed by atoms with Gasteiger partial charge in [0.05, 0.1) is 6.20 Å². The van der Waals surface area contributed by atoms with Gasteiger partial charge in [0.25, 0.3) is 0 Å². The van der Waals surface area contributed by atoms with Gasteiger partial charge in [-0.05, 0) is 28.9 Å². The number of hydrogen-bond acceptors (Lipinski definition) is 3. The third-order valence-corrected chi connectivity index (χ3v) is 2.03. The number of halogens is 1. The van der Waals surface area contributed by atoms with Gasteiger partial charge in [0.2, 0.25) is 0 Å². The van der Waals surface area contributed by atoms with Gasteiger partial charge < -0.3 is 0 Å². The number of fused-ring (bicyclic) bond motifs is 1. The van der Waals surface area contributed by atoms with E-state index in [9.17, 15) is 0 Å². The largest absolute Gasteiger partial charge is 0.252 e. The minimum atomic E-state index is 0.841. The summed E-state index contributed by atoms with van der Waals surface area (Å²) in [7, 11) is 0. The van der Waals surface area contributed by atoms with E-state index < -0.39 is 0 Å². The molecule has 2 aromatic rings. The van der Waals surface area contributed by atoms with Crippen LogP contribution in [0.4, 0.5) is 0 Å². The summed E-state index contributed by atoms with van der Waals surface area (Å²) in [5.74, 6) is 0. The normalized spacial score (nSPS) is 11.5. The van der Waals surface area contributed by atoms with Crippen LogP contribution >= 0.6 is 15.9 Å². The monoisotopic (exact) mass is 238 g/mol. The maximum atomic E-state index is 4.18. The first-order valence-electron chi connectivity index (χ1n) is 3.79. The van der Waals surface area contributed by atoms with Gasteiger partial charge in [-0.3, -0.25) is 4.98 Å². The highest BCUT2D eigenvalue weighted by molar-refractivity contribution is 9.10. The third kappa shape index (κ3) is 1.47. The zero-order valence-corrected chi connectivity index (χ0v) is 8.56. The van der Waals surface area contributed by atoms with Gasteiger partial charge >= 0.3 is 0 Å². The Morgan fingerprint density at radius 3 is 3.15 bits per heavy atom. The van der Waals surface area contributed by atoms with Crippen molar-refractivity contribution in [3.63, 3.8) is 0 Å². The second-order valence-electron chi connectivity index (χ2n) is 2.47. The third-order valence-electron chi connectivity index (χ3n) is 1.59. The maximum Gasteiger partial charge on any atom is 0.114 e. The van der Waals surface area contributed by atoms with Crippen LogP contribution in [0.1, 0.15) is 6.92 Å². The van der Waals surface area contributed by atoms with Crippen LogP contribution in [-0.4, -0.2) is 21.1 Å². The first-order valence-corrected chi connectivity index (χ1v) is 4.59. The molecule has 0 radical (unpaired) electrons. The Hall–Kier alpha value is -1.23. The summed E-state index contributed by atoms with van der Waals surface area (Å²) in [4.78, 5) is 5.73. The SMILES string of the molecule is C/C=N/n1ncc2ncc(Br)cc21. The minimum Gasteiger partial charge on any atom is -0.252 e. The Morgan fingerprint density at radius 2 is 2.38 bits per heavy atom. The Morgan fingerprint density at radius 1 is 1.54 bits per heavy atom. The Kier molecular flexibility index (Phi) is 2.10. The maximum absolute atomic E-state index is 4.18. The lowest BCUT2D eigenvalue weighted by Gasteiger charge is -1.93. The Labute approximate surface area is 83.4 Å². The van der Waals surface area contributed by atoms with E-state index >= 15 is 0 Å². The molecule has 0 unspecified atom stereocenters. The van der Waals surface area contributed by atoms with Gasteiger partial charge in [-0.25, -0.2) is 0 Å². The van der Waals surface area contributed by atoms with Crippen LogP contribution in [0.15, 0.2) is 28.0 Å². The molecule has 2 heterocycles. The molecule has 13 heavy (non-hydrogen) atoms. The van der Waals surface area contributed by atoms with Crippen LogP contribution in [0.25, 0.3) is 11.0 Å². The lowest BCUT2D eigenvalue weighted by molar-refractivity contribution is 0.772. The summed E-state index contributed by atoms with van der Waals surface area (Å²) in [6.07, 6.45) is 5.12. The van der Waals surface area contributed by atoms with Crippen molar-refractivity contribution >= 4 is 33.2 Å². The van der Waals surface area contributed by atoms with Gasteiger partial charge in [0.15, 0.2) is 0 Å². The predicted molar refractivity (Wildman–Crippen MR) is 54.8 cm³/mol. The highest BCUT2D eigenvalue weighted by Crippen LogP contribution is 2.16. The van der Waals surface area contributed by atoms with Crippen LogP contribution < -0.4 is 0 Å². The van der Waals surface area contributed by atoms with Crippen molar-refractivity contribution in [2.24, 2.45) is 5.10 Å². The minimum absolute atomic E-state index is 0.841. The first-order chi connectivity index (χ1) is 6.31. The average molecular weight is 239 g/mol. The summed E-state index contributed by atoms with van der Waals surface area (Å²) in [5, 5.41) is 8.12. The summed E-state index contributed by atoms with van der Waals surface area (Å²) < 4.78 is 0.924. The number of nitrogens with zero attached hydrogens (tertiary/aromatic N) is 4. The van der Waals surface area contributed by atoms with Crippen LogP contribution in [0.2, 0.25) is 0 Å². The summed E-state index contributed by atoms with van der Waals surface area (Å²) >= 11 is 3.35. The molecular weight excluding hydrogens is 232 g/mol. The molecule has 0 aliphatic carbocycles. The molecule has 0 aliphatic rings. The zero-order chi connectivity index (χ0) is 9.26. The Bertz CT molecular complexity index is 460. The van der Waals surface area contributed by atoms with E-state index in [1.807, 2.05) is 13.0 Å². The molecule has 0 bridgehead atoms. The van der Waals surface area contributed by atoms with E-state index in [2.05, 4.69) is 31.1 Å². The standard InChI is InChI=1S/C8H7BrN4/c1-2-11-13-8-3-6(9)4-10-7(8)5-12-13/h2-5H,1H3/b11-2+. The van der Waals surface area contributed by atoms with E-state index in [-0.39, 0.29) is 0 Å². The lowest BCUT2D eigenvalue weighted by Crippen LogP contribution is -1.90. The quantitative estimate of drug-likeness (QED) is 0.714. The van der Waals surface area contributed by atoms with Crippen LogP contribution in [0.3, 0.4) is 0 Å². The second kappa shape index (κ2) is 3.26. The smallest absolute Gasteiger partial charge is 0.114 e. The predicted octanol–water partition coefficient (Wildman–Crippen LogP) is 2.05. The highest BCUT2D eigenvalue weighted by Gasteiger charge is 2.01. The fraction of sp³-hybridized carbons (Fsp3) is 0.125. The Balaban J connectivity index is 2.71. The van der Waals surface area contributed by atoms with E-state index in [0.717, 1.165) is 15.5 Å². The van der Waals surface area contributed by atoms with Crippen LogP contribution in [-0.2, 0) is 0 Å². The molecule has 5 heteroatoms. The molecule has 4 nitrogen and oxygen atoms in total. The molecule has 0 saturated heterocycles. The molecule has 0 aromatic carbocycles. The fourth-order valence-electron chi connectivity index (χ4n) is 1.07. The number of aromatic nitrogens is 3. The van der Waals surface area contributed by atoms with Crippen molar-refractivity contribution in [1.82, 2.24) is 14.9 Å². The molecule has 66 valence electrons. The van der Waals surface area contributed by atoms with E-state index in [0.29, 0.717) is 0 Å². The number of hydrogen-bond donors (Lipinski definition) is 0. The molecule has 2 aromatic heterocycles. The summed E-state index contributed by atoms with van der Waals surface area (Å²) in [5.41, 5.74) is 1.74. The van der Waals surface area contributed by atoms with Gasteiger partial charge in [-0.2, -0.15) is 10.2 Å². The van der Waals surface area contributed by atoms with E-state index in [1.54, 1.807) is 23.4 Å².